The maximum atomic E-state index is 4.99. The maximum Gasteiger partial charge on any atom is 0.0666 e. The molecule has 1 aliphatic heterocycles. The zero-order chi connectivity index (χ0) is 11.9. The van der Waals surface area contributed by atoms with Crippen LogP contribution in [0.25, 0.3) is 0 Å². The van der Waals surface area contributed by atoms with Crippen LogP contribution in [0.4, 0.5) is 0 Å². The molecule has 15 heavy (non-hydrogen) atoms. The molecule has 0 aliphatic carbocycles. The quantitative estimate of drug-likeness (QED) is 0.563. The van der Waals surface area contributed by atoms with E-state index in [1.807, 2.05) is 0 Å². The number of hydrogen-bond acceptors (Lipinski definition) is 1. The average molecular weight is 207 g/mol. The van der Waals surface area contributed by atoms with Gasteiger partial charge in [0.15, 0.2) is 0 Å². The second-order valence-corrected chi connectivity index (χ2v) is 6.88. The normalized spacial score (nSPS) is 27.8. The standard InChI is InChI=1S/C14H25N/c1-12(2,3)11-9-8-10-14(7,15-11)13(4,5)6/h8-9H,10H2,1-7H3. The molecule has 0 amide bonds. The molecule has 0 aromatic rings. The van der Waals surface area contributed by atoms with Gasteiger partial charge in [0, 0.05) is 11.1 Å². The number of hydrogen-bond donors (Lipinski definition) is 0. The van der Waals surface area contributed by atoms with Crippen molar-refractivity contribution in [2.75, 3.05) is 0 Å². The fourth-order valence-electron chi connectivity index (χ4n) is 1.64. The molecule has 1 unspecified atom stereocenters. The van der Waals surface area contributed by atoms with Gasteiger partial charge in [-0.25, -0.2) is 0 Å². The molecule has 1 rings (SSSR count). The van der Waals surface area contributed by atoms with E-state index in [4.69, 9.17) is 4.99 Å². The summed E-state index contributed by atoms with van der Waals surface area (Å²) in [6.07, 6.45) is 5.52. The molecule has 1 nitrogen and oxygen atoms in total. The SMILES string of the molecule is CC(C)(C)C1=NC(C)(C(C)(C)C)CC=C1. The second-order valence-electron chi connectivity index (χ2n) is 6.88. The lowest BCUT2D eigenvalue weighted by molar-refractivity contribution is 0.210. The molecule has 0 saturated carbocycles. The lowest BCUT2D eigenvalue weighted by Gasteiger charge is -2.41. The van der Waals surface area contributed by atoms with E-state index in [-0.39, 0.29) is 16.4 Å². The molecule has 0 spiro atoms. The first-order chi connectivity index (χ1) is 6.56. The molecule has 0 saturated heterocycles. The highest BCUT2D eigenvalue weighted by molar-refractivity contribution is 5.99. The van der Waals surface area contributed by atoms with E-state index in [2.05, 4.69) is 60.6 Å². The highest BCUT2D eigenvalue weighted by Gasteiger charge is 2.38. The number of allylic oxidation sites excluding steroid dienone is 1. The molecule has 0 radical (unpaired) electrons. The van der Waals surface area contributed by atoms with Gasteiger partial charge >= 0.3 is 0 Å². The second kappa shape index (κ2) is 3.47. The Labute approximate surface area is 94.7 Å². The molecule has 0 aromatic heterocycles. The Morgan fingerprint density at radius 2 is 1.67 bits per heavy atom. The zero-order valence-corrected chi connectivity index (χ0v) is 11.3. The summed E-state index contributed by atoms with van der Waals surface area (Å²) in [6.45, 7) is 15.8. The van der Waals surface area contributed by atoms with Crippen LogP contribution in [0.5, 0.6) is 0 Å². The van der Waals surface area contributed by atoms with Gasteiger partial charge < -0.3 is 0 Å². The van der Waals surface area contributed by atoms with Crippen LogP contribution in [-0.4, -0.2) is 11.3 Å². The minimum Gasteiger partial charge on any atom is -0.282 e. The molecule has 86 valence electrons. The van der Waals surface area contributed by atoms with E-state index in [9.17, 15) is 0 Å². The summed E-state index contributed by atoms with van der Waals surface area (Å²) in [5.74, 6) is 0. The van der Waals surface area contributed by atoms with Crippen molar-refractivity contribution in [3.8, 4) is 0 Å². The van der Waals surface area contributed by atoms with Crippen LogP contribution in [0.1, 0.15) is 54.9 Å². The summed E-state index contributed by atoms with van der Waals surface area (Å²) in [5, 5.41) is 0. The van der Waals surface area contributed by atoms with Crippen molar-refractivity contribution in [3.63, 3.8) is 0 Å². The Balaban J connectivity index is 3.10. The van der Waals surface area contributed by atoms with Crippen LogP contribution < -0.4 is 0 Å². The molecule has 1 heteroatoms. The minimum absolute atomic E-state index is 0.0460. The lowest BCUT2D eigenvalue weighted by atomic mass is 9.71. The van der Waals surface area contributed by atoms with Crippen LogP contribution in [-0.2, 0) is 0 Å². The summed E-state index contributed by atoms with van der Waals surface area (Å²) >= 11 is 0. The average Bonchev–Trinajstić information content (AvgIpc) is 2.00. The van der Waals surface area contributed by atoms with Crippen molar-refractivity contribution >= 4 is 5.71 Å². The van der Waals surface area contributed by atoms with Crippen molar-refractivity contribution in [3.05, 3.63) is 12.2 Å². The minimum atomic E-state index is 0.0460. The third-order valence-electron chi connectivity index (χ3n) is 3.54. The van der Waals surface area contributed by atoms with Gasteiger partial charge in [-0.3, -0.25) is 4.99 Å². The van der Waals surface area contributed by atoms with Gasteiger partial charge in [0.05, 0.1) is 5.54 Å². The first-order valence-electron chi connectivity index (χ1n) is 5.83. The molecular formula is C14H25N. The Morgan fingerprint density at radius 1 is 1.13 bits per heavy atom. The monoisotopic (exact) mass is 207 g/mol. The third kappa shape index (κ3) is 2.50. The van der Waals surface area contributed by atoms with Crippen molar-refractivity contribution in [1.82, 2.24) is 0 Å². The van der Waals surface area contributed by atoms with Crippen molar-refractivity contribution in [2.45, 2.75) is 60.4 Å². The van der Waals surface area contributed by atoms with Gasteiger partial charge in [-0.1, -0.05) is 47.6 Å². The van der Waals surface area contributed by atoms with Gasteiger partial charge in [-0.15, -0.1) is 0 Å². The van der Waals surface area contributed by atoms with Gasteiger partial charge in [-0.05, 0) is 24.8 Å². The van der Waals surface area contributed by atoms with Crippen molar-refractivity contribution < 1.29 is 0 Å². The van der Waals surface area contributed by atoms with Crippen LogP contribution in [0.2, 0.25) is 0 Å². The summed E-state index contributed by atoms with van der Waals surface area (Å²) in [7, 11) is 0. The van der Waals surface area contributed by atoms with Gasteiger partial charge in [0.2, 0.25) is 0 Å². The Kier molecular flexibility index (Phi) is 2.88. The number of aliphatic imine (C=N–C) groups is 1. The first-order valence-corrected chi connectivity index (χ1v) is 5.83. The summed E-state index contributed by atoms with van der Waals surface area (Å²) in [4.78, 5) is 4.99. The number of nitrogens with zero attached hydrogens (tertiary/aromatic N) is 1. The smallest absolute Gasteiger partial charge is 0.0666 e. The lowest BCUT2D eigenvalue weighted by Crippen LogP contribution is -2.41. The van der Waals surface area contributed by atoms with Gasteiger partial charge in [-0.2, -0.15) is 0 Å². The predicted molar refractivity (Wildman–Crippen MR) is 68.5 cm³/mol. The van der Waals surface area contributed by atoms with Crippen LogP contribution in [0.15, 0.2) is 17.1 Å². The fourth-order valence-corrected chi connectivity index (χ4v) is 1.64. The largest absolute Gasteiger partial charge is 0.282 e. The summed E-state index contributed by atoms with van der Waals surface area (Å²) in [5.41, 5.74) is 1.65. The van der Waals surface area contributed by atoms with E-state index < -0.39 is 0 Å². The van der Waals surface area contributed by atoms with Crippen molar-refractivity contribution in [1.29, 1.82) is 0 Å². The van der Waals surface area contributed by atoms with Crippen LogP contribution in [0.3, 0.4) is 0 Å². The number of rotatable bonds is 0. The predicted octanol–water partition coefficient (Wildman–Crippen LogP) is 4.24. The van der Waals surface area contributed by atoms with E-state index in [0.717, 1.165) is 6.42 Å². The maximum absolute atomic E-state index is 4.99. The van der Waals surface area contributed by atoms with Crippen LogP contribution in [0, 0.1) is 10.8 Å². The summed E-state index contributed by atoms with van der Waals surface area (Å²) in [6, 6.07) is 0. The Morgan fingerprint density at radius 3 is 2.07 bits per heavy atom. The highest BCUT2D eigenvalue weighted by atomic mass is 14.9. The molecule has 1 heterocycles. The first kappa shape index (κ1) is 12.5. The molecular weight excluding hydrogens is 182 g/mol. The Hall–Kier alpha value is -0.590. The molecule has 1 atom stereocenters. The zero-order valence-electron chi connectivity index (χ0n) is 11.3. The number of dihydropyridines is 1. The summed E-state index contributed by atoms with van der Waals surface area (Å²) < 4.78 is 0. The van der Waals surface area contributed by atoms with E-state index in [1.54, 1.807) is 0 Å². The van der Waals surface area contributed by atoms with E-state index in [0.29, 0.717) is 0 Å². The van der Waals surface area contributed by atoms with E-state index in [1.165, 1.54) is 5.71 Å². The molecule has 0 fully saturated rings. The molecule has 0 N–H and O–H groups in total. The fraction of sp³-hybridized carbons (Fsp3) is 0.786. The van der Waals surface area contributed by atoms with Crippen LogP contribution >= 0.6 is 0 Å². The highest BCUT2D eigenvalue weighted by Crippen LogP contribution is 2.40. The van der Waals surface area contributed by atoms with Crippen molar-refractivity contribution in [2.24, 2.45) is 15.8 Å². The van der Waals surface area contributed by atoms with Gasteiger partial charge in [0.25, 0.3) is 0 Å². The molecule has 0 bridgehead atoms. The van der Waals surface area contributed by atoms with E-state index >= 15 is 0 Å². The topological polar surface area (TPSA) is 12.4 Å². The third-order valence-corrected chi connectivity index (χ3v) is 3.54. The molecule has 1 aliphatic rings. The Bertz CT molecular complexity index is 296. The van der Waals surface area contributed by atoms with Gasteiger partial charge in [0.1, 0.15) is 0 Å². The molecule has 0 aromatic carbocycles.